The molecular formula is C40H45NO. The van der Waals surface area contributed by atoms with Crippen molar-refractivity contribution in [2.75, 3.05) is 18.6 Å². The zero-order valence-electron chi connectivity index (χ0n) is 26.4. The molecule has 0 aromatic heterocycles. The van der Waals surface area contributed by atoms with Crippen LogP contribution in [0, 0.1) is 13.8 Å². The maximum absolute atomic E-state index is 5.66. The molecule has 0 fully saturated rings. The number of anilines is 1. The van der Waals surface area contributed by atoms with Gasteiger partial charge in [-0.1, -0.05) is 119 Å². The van der Waals surface area contributed by atoms with E-state index < -0.39 is 0 Å². The lowest BCUT2D eigenvalue weighted by Gasteiger charge is -2.33. The summed E-state index contributed by atoms with van der Waals surface area (Å²) in [7, 11) is 1.74. The average molecular weight is 556 g/mol. The maximum Gasteiger partial charge on any atom is 0.119 e. The van der Waals surface area contributed by atoms with Crippen LogP contribution in [-0.2, 0) is 17.3 Å². The van der Waals surface area contributed by atoms with Gasteiger partial charge in [0.15, 0.2) is 0 Å². The van der Waals surface area contributed by atoms with Crippen molar-refractivity contribution in [1.82, 2.24) is 0 Å². The number of rotatable bonds is 9. The fraction of sp³-hybridized carbons (Fsp3) is 0.300. The molecule has 0 aliphatic carbocycles. The van der Waals surface area contributed by atoms with Gasteiger partial charge >= 0.3 is 0 Å². The van der Waals surface area contributed by atoms with E-state index in [-0.39, 0.29) is 10.8 Å². The van der Waals surface area contributed by atoms with E-state index >= 15 is 0 Å². The number of nitrogens with zero attached hydrogens (tertiary/aromatic N) is 1. The maximum atomic E-state index is 5.66. The van der Waals surface area contributed by atoms with Crippen molar-refractivity contribution in [2.24, 2.45) is 0 Å². The first kappa shape index (κ1) is 29.5. The summed E-state index contributed by atoms with van der Waals surface area (Å²) in [5.41, 5.74) is 9.81. The molecule has 1 atom stereocenters. The lowest BCUT2D eigenvalue weighted by Crippen LogP contribution is -2.28. The van der Waals surface area contributed by atoms with Gasteiger partial charge < -0.3 is 9.64 Å². The number of aryl methyl sites for hydroxylation is 2. The Morgan fingerprint density at radius 2 is 1.71 bits per heavy atom. The summed E-state index contributed by atoms with van der Waals surface area (Å²) in [6, 6.07) is 28.6. The van der Waals surface area contributed by atoms with Gasteiger partial charge in [-0.25, -0.2) is 0 Å². The third kappa shape index (κ3) is 5.31. The fourth-order valence-corrected chi connectivity index (χ4v) is 6.66. The highest BCUT2D eigenvalue weighted by molar-refractivity contribution is 5.99. The Labute approximate surface area is 253 Å². The van der Waals surface area contributed by atoms with Crippen molar-refractivity contribution in [3.8, 4) is 5.75 Å². The average Bonchev–Trinajstić information content (AvgIpc) is 3.20. The van der Waals surface area contributed by atoms with E-state index in [1.54, 1.807) is 7.11 Å². The van der Waals surface area contributed by atoms with Crippen molar-refractivity contribution in [3.05, 3.63) is 143 Å². The summed E-state index contributed by atoms with van der Waals surface area (Å²) >= 11 is 0. The monoisotopic (exact) mass is 555 g/mol. The molecule has 216 valence electrons. The largest absolute Gasteiger partial charge is 0.497 e. The lowest BCUT2D eigenvalue weighted by molar-refractivity contribution is 0.412. The zero-order valence-corrected chi connectivity index (χ0v) is 26.4. The minimum atomic E-state index is -0.309. The molecule has 1 heterocycles. The van der Waals surface area contributed by atoms with Gasteiger partial charge in [-0.2, -0.15) is 0 Å². The van der Waals surface area contributed by atoms with Crippen molar-refractivity contribution >= 4 is 16.5 Å². The number of benzene rings is 4. The van der Waals surface area contributed by atoms with Gasteiger partial charge in [0.25, 0.3) is 0 Å². The minimum Gasteiger partial charge on any atom is -0.497 e. The summed E-state index contributed by atoms with van der Waals surface area (Å²) < 4.78 is 5.66. The van der Waals surface area contributed by atoms with Gasteiger partial charge in [-0.05, 0) is 78.1 Å². The van der Waals surface area contributed by atoms with E-state index in [9.17, 15) is 0 Å². The summed E-state index contributed by atoms with van der Waals surface area (Å²) in [6.45, 7) is 19.3. The fourth-order valence-electron chi connectivity index (χ4n) is 6.66. The molecule has 4 aromatic carbocycles. The molecule has 2 nitrogen and oxygen atoms in total. The topological polar surface area (TPSA) is 12.5 Å². The van der Waals surface area contributed by atoms with Gasteiger partial charge in [0.1, 0.15) is 5.75 Å². The third-order valence-electron chi connectivity index (χ3n) is 9.20. The van der Waals surface area contributed by atoms with Crippen LogP contribution in [0.1, 0.15) is 61.9 Å². The van der Waals surface area contributed by atoms with Crippen LogP contribution < -0.4 is 9.64 Å². The van der Waals surface area contributed by atoms with E-state index in [0.717, 1.165) is 30.7 Å². The number of ether oxygens (including phenoxy) is 1. The van der Waals surface area contributed by atoms with Crippen LogP contribution in [0.2, 0.25) is 0 Å². The standard InChI is InChI=1S/C40H45NO/c1-9-25-41-37(39(5,6)35-24-22-32-14-10-11-15-34(32)38(35)41)16-12-13-30(4)40(7,27-31-20-17-28(2)18-21-31)36-26-33(42-8)23-19-29(36)3/h10-24,26H,4,9,25,27H2,1-3,5-8H3/b13-12+,37-16+. The van der Waals surface area contributed by atoms with Crippen LogP contribution in [0.25, 0.3) is 10.8 Å². The molecule has 0 bridgehead atoms. The summed E-state index contributed by atoms with van der Waals surface area (Å²) in [5.74, 6) is 0.873. The number of fused-ring (bicyclic) bond motifs is 3. The minimum absolute atomic E-state index is 0.102. The van der Waals surface area contributed by atoms with Gasteiger partial charge in [-0.15, -0.1) is 0 Å². The van der Waals surface area contributed by atoms with Gasteiger partial charge in [0.2, 0.25) is 0 Å². The molecule has 0 spiro atoms. The molecule has 0 saturated heterocycles. The molecule has 4 aromatic rings. The summed E-state index contributed by atoms with van der Waals surface area (Å²) in [6.07, 6.45) is 8.70. The molecule has 2 heteroatoms. The van der Waals surface area contributed by atoms with E-state index in [0.29, 0.717) is 0 Å². The second kappa shape index (κ2) is 11.7. The Bertz CT molecular complexity index is 1670. The van der Waals surface area contributed by atoms with Crippen LogP contribution in [-0.4, -0.2) is 13.7 Å². The van der Waals surface area contributed by atoms with Crippen molar-refractivity contribution < 1.29 is 4.74 Å². The molecule has 1 unspecified atom stereocenters. The molecule has 0 amide bonds. The first-order valence-electron chi connectivity index (χ1n) is 15.2. The number of methoxy groups -OCH3 is 1. The van der Waals surface area contributed by atoms with Gasteiger partial charge in [0, 0.05) is 28.5 Å². The Morgan fingerprint density at radius 1 is 0.976 bits per heavy atom. The lowest BCUT2D eigenvalue weighted by atomic mass is 9.70. The summed E-state index contributed by atoms with van der Waals surface area (Å²) in [5, 5.41) is 2.62. The van der Waals surface area contributed by atoms with Gasteiger partial charge in [0.05, 0.1) is 12.8 Å². The molecule has 1 aliphatic rings. The quantitative estimate of drug-likeness (QED) is 0.191. The highest BCUT2D eigenvalue weighted by atomic mass is 16.5. The molecule has 0 radical (unpaired) electrons. The highest BCUT2D eigenvalue weighted by Gasteiger charge is 2.40. The second-order valence-corrected chi connectivity index (χ2v) is 12.6. The van der Waals surface area contributed by atoms with E-state index in [1.165, 1.54) is 50.0 Å². The molecule has 5 rings (SSSR count). The first-order valence-corrected chi connectivity index (χ1v) is 15.2. The molecule has 1 aliphatic heterocycles. The smallest absolute Gasteiger partial charge is 0.119 e. The predicted molar refractivity (Wildman–Crippen MR) is 181 cm³/mol. The third-order valence-corrected chi connectivity index (χ3v) is 9.20. The SMILES string of the molecule is C=C(/C=C/C=C1/N(CCC)c2c(ccc3ccccc23)C1(C)C)C(C)(Cc1ccc(C)cc1)c1cc(OC)ccc1C. The Hall–Kier alpha value is -4.04. The van der Waals surface area contributed by atoms with Crippen molar-refractivity contribution in [3.63, 3.8) is 0 Å². The van der Waals surface area contributed by atoms with Crippen molar-refractivity contribution in [2.45, 2.75) is 65.2 Å². The van der Waals surface area contributed by atoms with Gasteiger partial charge in [-0.3, -0.25) is 0 Å². The van der Waals surface area contributed by atoms with E-state index in [1.807, 2.05) is 6.07 Å². The van der Waals surface area contributed by atoms with Crippen LogP contribution in [0.3, 0.4) is 0 Å². The number of hydrogen-bond acceptors (Lipinski definition) is 2. The van der Waals surface area contributed by atoms with Crippen molar-refractivity contribution in [1.29, 1.82) is 0 Å². The van der Waals surface area contributed by atoms with E-state index in [4.69, 9.17) is 4.74 Å². The van der Waals surface area contributed by atoms with Crippen LogP contribution in [0.5, 0.6) is 5.75 Å². The normalized spacial score (nSPS) is 16.6. The molecule has 0 saturated carbocycles. The van der Waals surface area contributed by atoms with Crippen LogP contribution in [0.15, 0.2) is 115 Å². The zero-order chi connectivity index (χ0) is 30.1. The van der Waals surface area contributed by atoms with Crippen LogP contribution in [0.4, 0.5) is 5.69 Å². The first-order chi connectivity index (χ1) is 20.1. The predicted octanol–water partition coefficient (Wildman–Crippen LogP) is 10.2. The summed E-state index contributed by atoms with van der Waals surface area (Å²) in [4.78, 5) is 2.54. The Morgan fingerprint density at radius 3 is 2.43 bits per heavy atom. The Balaban J connectivity index is 1.55. The Kier molecular flexibility index (Phi) is 8.19. The molecular weight excluding hydrogens is 510 g/mol. The number of allylic oxidation sites excluding steroid dienone is 5. The second-order valence-electron chi connectivity index (χ2n) is 12.6. The van der Waals surface area contributed by atoms with E-state index in [2.05, 4.69) is 144 Å². The van der Waals surface area contributed by atoms with Crippen LogP contribution >= 0.6 is 0 Å². The highest BCUT2D eigenvalue weighted by Crippen LogP contribution is 2.50. The molecule has 0 N–H and O–H groups in total. The molecule has 42 heavy (non-hydrogen) atoms. The number of hydrogen-bond donors (Lipinski definition) is 0.